The van der Waals surface area contributed by atoms with Crippen LogP contribution < -0.4 is 0 Å². The Morgan fingerprint density at radius 3 is 2.29 bits per heavy atom. The summed E-state index contributed by atoms with van der Waals surface area (Å²) < 4.78 is 25.3. The van der Waals surface area contributed by atoms with E-state index < -0.39 is 11.6 Å². The monoisotopic (exact) mass is 197 g/mol. The van der Waals surface area contributed by atoms with Gasteiger partial charge in [-0.3, -0.25) is 4.99 Å². The maximum absolute atomic E-state index is 12.8. The molecule has 0 saturated heterocycles. The summed E-state index contributed by atoms with van der Waals surface area (Å²) in [6.07, 6.45) is 1.54. The molecule has 0 unspecified atom stereocenters. The van der Waals surface area contributed by atoms with Gasteiger partial charge in [0.05, 0.1) is 5.54 Å². The minimum Gasteiger partial charge on any atom is -0.287 e. The van der Waals surface area contributed by atoms with Gasteiger partial charge in [-0.2, -0.15) is 0 Å². The van der Waals surface area contributed by atoms with E-state index in [-0.39, 0.29) is 5.54 Å². The molecule has 0 aliphatic rings. The van der Waals surface area contributed by atoms with E-state index in [2.05, 4.69) is 4.99 Å². The number of halogens is 2. The first-order chi connectivity index (χ1) is 6.38. The highest BCUT2D eigenvalue weighted by atomic mass is 19.2. The topological polar surface area (TPSA) is 12.4 Å². The van der Waals surface area contributed by atoms with E-state index in [4.69, 9.17) is 0 Å². The minimum absolute atomic E-state index is 0.204. The summed E-state index contributed by atoms with van der Waals surface area (Å²) in [4.78, 5) is 4.18. The highest BCUT2D eigenvalue weighted by molar-refractivity contribution is 5.79. The summed E-state index contributed by atoms with van der Waals surface area (Å²) in [6, 6.07) is 3.72. The Morgan fingerprint density at radius 1 is 1.14 bits per heavy atom. The third-order valence-electron chi connectivity index (χ3n) is 1.54. The molecule has 0 amide bonds. The molecule has 0 aliphatic carbocycles. The molecular weight excluding hydrogens is 184 g/mol. The van der Waals surface area contributed by atoms with E-state index in [0.29, 0.717) is 5.56 Å². The molecule has 0 atom stereocenters. The predicted molar refractivity (Wildman–Crippen MR) is 53.7 cm³/mol. The molecular formula is C11H13F2N. The van der Waals surface area contributed by atoms with Crippen LogP contribution in [0.3, 0.4) is 0 Å². The van der Waals surface area contributed by atoms with Gasteiger partial charge < -0.3 is 0 Å². The second-order valence-corrected chi connectivity index (χ2v) is 4.10. The van der Waals surface area contributed by atoms with Gasteiger partial charge in [-0.25, -0.2) is 8.78 Å². The first-order valence-corrected chi connectivity index (χ1v) is 4.39. The van der Waals surface area contributed by atoms with Gasteiger partial charge in [-0.05, 0) is 38.5 Å². The SMILES string of the molecule is CC(C)(C)N=Cc1ccc(F)c(F)c1. The molecule has 0 saturated carbocycles. The zero-order chi connectivity index (χ0) is 10.8. The molecule has 0 bridgehead atoms. The quantitative estimate of drug-likeness (QED) is 0.613. The number of rotatable bonds is 1. The van der Waals surface area contributed by atoms with Crippen LogP contribution in [0.2, 0.25) is 0 Å². The molecule has 3 heteroatoms. The molecule has 0 heterocycles. The molecule has 76 valence electrons. The summed E-state index contributed by atoms with van der Waals surface area (Å²) in [5.41, 5.74) is 0.365. The van der Waals surface area contributed by atoms with E-state index in [9.17, 15) is 8.78 Å². The Morgan fingerprint density at radius 2 is 1.79 bits per heavy atom. The average Bonchev–Trinajstić information content (AvgIpc) is 2.06. The van der Waals surface area contributed by atoms with Crippen LogP contribution in [0, 0.1) is 11.6 Å². The number of benzene rings is 1. The Bertz CT molecular complexity index is 351. The van der Waals surface area contributed by atoms with Crippen molar-refractivity contribution in [2.75, 3.05) is 0 Å². The standard InChI is InChI=1S/C11H13F2N/c1-11(2,3)14-7-8-4-5-9(12)10(13)6-8/h4-7H,1-3H3. The number of nitrogens with zero attached hydrogens (tertiary/aromatic N) is 1. The molecule has 0 N–H and O–H groups in total. The van der Waals surface area contributed by atoms with Crippen LogP contribution in [0.1, 0.15) is 26.3 Å². The zero-order valence-corrected chi connectivity index (χ0v) is 8.51. The average molecular weight is 197 g/mol. The maximum atomic E-state index is 12.8. The molecule has 0 fully saturated rings. The minimum atomic E-state index is -0.845. The van der Waals surface area contributed by atoms with Gasteiger partial charge in [0.25, 0.3) is 0 Å². The van der Waals surface area contributed by atoms with E-state index in [1.165, 1.54) is 6.07 Å². The van der Waals surface area contributed by atoms with Gasteiger partial charge in [0, 0.05) is 6.21 Å². The Labute approximate surface area is 82.5 Å². The lowest BCUT2D eigenvalue weighted by Crippen LogP contribution is -2.09. The van der Waals surface area contributed by atoms with E-state index in [1.807, 2.05) is 20.8 Å². The number of aliphatic imine (C=N–C) groups is 1. The smallest absolute Gasteiger partial charge is 0.159 e. The van der Waals surface area contributed by atoms with Crippen molar-refractivity contribution in [1.29, 1.82) is 0 Å². The Balaban J connectivity index is 2.89. The van der Waals surface area contributed by atoms with Crippen LogP contribution in [0.4, 0.5) is 8.78 Å². The van der Waals surface area contributed by atoms with E-state index in [0.717, 1.165) is 12.1 Å². The lowest BCUT2D eigenvalue weighted by Gasteiger charge is -2.10. The van der Waals surface area contributed by atoms with Crippen molar-refractivity contribution in [2.24, 2.45) is 4.99 Å². The summed E-state index contributed by atoms with van der Waals surface area (Å²) >= 11 is 0. The molecule has 14 heavy (non-hydrogen) atoms. The molecule has 1 nitrogen and oxygen atoms in total. The van der Waals surface area contributed by atoms with Gasteiger partial charge in [-0.1, -0.05) is 6.07 Å². The third kappa shape index (κ3) is 3.24. The Kier molecular flexibility index (Phi) is 2.99. The van der Waals surface area contributed by atoms with Gasteiger partial charge in [-0.15, -0.1) is 0 Å². The summed E-state index contributed by atoms with van der Waals surface area (Å²) in [5, 5.41) is 0. The lowest BCUT2D eigenvalue weighted by atomic mass is 10.1. The van der Waals surface area contributed by atoms with Crippen LogP contribution >= 0.6 is 0 Å². The normalized spacial score (nSPS) is 12.4. The molecule has 0 aliphatic heterocycles. The molecule has 0 radical (unpaired) electrons. The second kappa shape index (κ2) is 3.86. The summed E-state index contributed by atoms with van der Waals surface area (Å²) in [5.74, 6) is -1.68. The lowest BCUT2D eigenvalue weighted by molar-refractivity contribution is 0.508. The Hall–Kier alpha value is -1.25. The van der Waals surface area contributed by atoms with E-state index in [1.54, 1.807) is 6.21 Å². The zero-order valence-electron chi connectivity index (χ0n) is 8.51. The van der Waals surface area contributed by atoms with Crippen LogP contribution in [0.25, 0.3) is 0 Å². The molecule has 1 aromatic carbocycles. The predicted octanol–water partition coefficient (Wildman–Crippen LogP) is 3.18. The highest BCUT2D eigenvalue weighted by Gasteiger charge is 2.05. The van der Waals surface area contributed by atoms with Crippen molar-refractivity contribution in [2.45, 2.75) is 26.3 Å². The van der Waals surface area contributed by atoms with E-state index >= 15 is 0 Å². The fraction of sp³-hybridized carbons (Fsp3) is 0.364. The van der Waals surface area contributed by atoms with Crippen molar-refractivity contribution >= 4 is 6.21 Å². The summed E-state index contributed by atoms with van der Waals surface area (Å²) in [7, 11) is 0. The van der Waals surface area contributed by atoms with Crippen LogP contribution in [-0.4, -0.2) is 11.8 Å². The highest BCUT2D eigenvalue weighted by Crippen LogP contribution is 2.09. The van der Waals surface area contributed by atoms with Crippen LogP contribution in [-0.2, 0) is 0 Å². The van der Waals surface area contributed by atoms with Crippen molar-refractivity contribution < 1.29 is 8.78 Å². The van der Waals surface area contributed by atoms with Crippen molar-refractivity contribution in [3.8, 4) is 0 Å². The third-order valence-corrected chi connectivity index (χ3v) is 1.54. The van der Waals surface area contributed by atoms with Crippen molar-refractivity contribution in [3.63, 3.8) is 0 Å². The summed E-state index contributed by atoms with van der Waals surface area (Å²) in [6.45, 7) is 5.80. The second-order valence-electron chi connectivity index (χ2n) is 4.10. The van der Waals surface area contributed by atoms with Gasteiger partial charge in [0.1, 0.15) is 0 Å². The van der Waals surface area contributed by atoms with Gasteiger partial charge in [0.2, 0.25) is 0 Å². The first kappa shape index (κ1) is 10.8. The van der Waals surface area contributed by atoms with Crippen molar-refractivity contribution in [1.82, 2.24) is 0 Å². The van der Waals surface area contributed by atoms with Gasteiger partial charge >= 0.3 is 0 Å². The van der Waals surface area contributed by atoms with Crippen LogP contribution in [0.5, 0.6) is 0 Å². The number of hydrogen-bond acceptors (Lipinski definition) is 1. The van der Waals surface area contributed by atoms with Crippen LogP contribution in [0.15, 0.2) is 23.2 Å². The first-order valence-electron chi connectivity index (χ1n) is 4.39. The van der Waals surface area contributed by atoms with Crippen molar-refractivity contribution in [3.05, 3.63) is 35.4 Å². The molecule has 1 aromatic rings. The fourth-order valence-corrected chi connectivity index (χ4v) is 0.861. The molecule has 1 rings (SSSR count). The maximum Gasteiger partial charge on any atom is 0.159 e. The fourth-order valence-electron chi connectivity index (χ4n) is 0.861. The number of hydrogen-bond donors (Lipinski definition) is 0. The molecule has 0 spiro atoms. The van der Waals surface area contributed by atoms with Gasteiger partial charge in [0.15, 0.2) is 11.6 Å². The largest absolute Gasteiger partial charge is 0.287 e. The molecule has 0 aromatic heterocycles.